The van der Waals surface area contributed by atoms with E-state index in [0.29, 0.717) is 0 Å². The van der Waals surface area contributed by atoms with E-state index in [2.05, 4.69) is 63.5 Å². The van der Waals surface area contributed by atoms with Crippen molar-refractivity contribution in [2.75, 3.05) is 26.2 Å². The van der Waals surface area contributed by atoms with Crippen molar-refractivity contribution in [3.8, 4) is 0 Å². The molecule has 3 heterocycles. The molecule has 0 saturated carbocycles. The number of aryl methyl sites for hydroxylation is 4. The van der Waals surface area contributed by atoms with Crippen LogP contribution >= 0.6 is 0 Å². The molecule has 5 rings (SSSR count). The van der Waals surface area contributed by atoms with Gasteiger partial charge in [0.2, 0.25) is 11.8 Å². The van der Waals surface area contributed by atoms with Crippen molar-refractivity contribution in [2.24, 2.45) is 0 Å². The van der Waals surface area contributed by atoms with E-state index in [9.17, 15) is 0 Å². The minimum atomic E-state index is 0.751. The first-order valence-corrected chi connectivity index (χ1v) is 11.5. The lowest BCUT2D eigenvalue weighted by molar-refractivity contribution is 0.108. The number of fused-ring (bicyclic) bond motifs is 2. The molecule has 0 N–H and O–H groups in total. The van der Waals surface area contributed by atoms with E-state index in [1.807, 2.05) is 0 Å². The van der Waals surface area contributed by atoms with Crippen LogP contribution in [-0.4, -0.2) is 45.9 Å². The van der Waals surface area contributed by atoms with Gasteiger partial charge in [-0.25, -0.2) is 9.97 Å². The summed E-state index contributed by atoms with van der Waals surface area (Å²) in [6.45, 7) is 18.2. The highest BCUT2D eigenvalue weighted by Crippen LogP contribution is 2.27. The second kappa shape index (κ2) is 8.01. The predicted molar refractivity (Wildman–Crippen MR) is 127 cm³/mol. The summed E-state index contributed by atoms with van der Waals surface area (Å²) >= 11 is 0. The van der Waals surface area contributed by atoms with Crippen LogP contribution in [0.5, 0.6) is 0 Å². The van der Waals surface area contributed by atoms with Gasteiger partial charge in [0.1, 0.15) is 11.0 Å². The van der Waals surface area contributed by atoms with Crippen LogP contribution in [0.25, 0.3) is 22.2 Å². The lowest BCUT2D eigenvalue weighted by Crippen LogP contribution is -2.45. The van der Waals surface area contributed by atoms with Gasteiger partial charge in [0.05, 0.1) is 13.1 Å². The fraction of sp³-hybridized carbons (Fsp3) is 0.462. The fourth-order valence-electron chi connectivity index (χ4n) is 4.67. The standard InChI is InChI=1S/C26H32N4O2/c1-15-11-21-25(19(5)17(15)3)31-23(27-21)13-29-7-9-30(10-8-29)14-24-28-22-12-16(2)18(4)20(6)26(22)32-24/h11-12H,7-10,13-14H2,1-6H3. The first-order valence-electron chi connectivity index (χ1n) is 11.5. The fourth-order valence-corrected chi connectivity index (χ4v) is 4.67. The third-order valence-corrected chi connectivity index (χ3v) is 7.27. The molecule has 1 fully saturated rings. The minimum Gasteiger partial charge on any atom is -0.439 e. The molecule has 32 heavy (non-hydrogen) atoms. The van der Waals surface area contributed by atoms with Gasteiger partial charge in [-0.1, -0.05) is 0 Å². The van der Waals surface area contributed by atoms with Gasteiger partial charge in [0.15, 0.2) is 11.2 Å². The zero-order valence-electron chi connectivity index (χ0n) is 20.0. The third kappa shape index (κ3) is 3.71. The summed E-state index contributed by atoms with van der Waals surface area (Å²) in [5, 5.41) is 0. The van der Waals surface area contributed by atoms with Crippen LogP contribution in [-0.2, 0) is 13.1 Å². The molecule has 0 unspecified atom stereocenters. The molecule has 6 nitrogen and oxygen atoms in total. The maximum Gasteiger partial charge on any atom is 0.209 e. The maximum atomic E-state index is 6.13. The van der Waals surface area contributed by atoms with Gasteiger partial charge >= 0.3 is 0 Å². The molecular formula is C26H32N4O2. The summed E-state index contributed by atoms with van der Waals surface area (Å²) in [6, 6.07) is 4.27. The molecule has 0 atom stereocenters. The van der Waals surface area contributed by atoms with Gasteiger partial charge in [0, 0.05) is 26.2 Å². The van der Waals surface area contributed by atoms with Crippen molar-refractivity contribution in [2.45, 2.75) is 54.6 Å². The van der Waals surface area contributed by atoms with Gasteiger partial charge in [-0.2, -0.15) is 0 Å². The van der Waals surface area contributed by atoms with Crippen LogP contribution in [0.15, 0.2) is 21.0 Å². The molecule has 4 aromatic rings. The molecule has 1 saturated heterocycles. The maximum absolute atomic E-state index is 6.13. The summed E-state index contributed by atoms with van der Waals surface area (Å²) in [7, 11) is 0. The van der Waals surface area contributed by atoms with Crippen LogP contribution in [0.3, 0.4) is 0 Å². The van der Waals surface area contributed by atoms with Gasteiger partial charge in [-0.15, -0.1) is 0 Å². The smallest absolute Gasteiger partial charge is 0.209 e. The van der Waals surface area contributed by atoms with E-state index in [1.54, 1.807) is 0 Å². The second-order valence-corrected chi connectivity index (χ2v) is 9.35. The van der Waals surface area contributed by atoms with Crippen molar-refractivity contribution in [1.82, 2.24) is 19.8 Å². The Balaban J connectivity index is 1.23. The summed E-state index contributed by atoms with van der Waals surface area (Å²) in [5.41, 5.74) is 11.3. The van der Waals surface area contributed by atoms with Crippen molar-refractivity contribution in [1.29, 1.82) is 0 Å². The van der Waals surface area contributed by atoms with Crippen LogP contribution in [0.2, 0.25) is 0 Å². The highest BCUT2D eigenvalue weighted by Gasteiger charge is 2.22. The SMILES string of the molecule is Cc1cc2nc(CN3CCN(Cc4nc5cc(C)c(C)c(C)c5o4)CC3)oc2c(C)c1C. The quantitative estimate of drug-likeness (QED) is 0.445. The first kappa shape index (κ1) is 21.2. The largest absolute Gasteiger partial charge is 0.439 e. The second-order valence-electron chi connectivity index (χ2n) is 9.35. The molecule has 168 valence electrons. The molecule has 2 aromatic carbocycles. The number of hydrogen-bond donors (Lipinski definition) is 0. The van der Waals surface area contributed by atoms with Gasteiger partial charge in [-0.3, -0.25) is 9.80 Å². The summed E-state index contributed by atoms with van der Waals surface area (Å²) in [5.74, 6) is 1.61. The number of oxazole rings is 2. The minimum absolute atomic E-state index is 0.751. The van der Waals surface area contributed by atoms with Crippen molar-refractivity contribution in [3.63, 3.8) is 0 Å². The number of aromatic nitrogens is 2. The predicted octanol–water partition coefficient (Wildman–Crippen LogP) is 5.14. The zero-order valence-corrected chi connectivity index (χ0v) is 20.0. The first-order chi connectivity index (χ1) is 15.3. The summed E-state index contributed by atoms with van der Waals surface area (Å²) in [4.78, 5) is 14.3. The third-order valence-electron chi connectivity index (χ3n) is 7.27. The van der Waals surface area contributed by atoms with Gasteiger partial charge in [0.25, 0.3) is 0 Å². The normalized spacial score (nSPS) is 15.9. The van der Waals surface area contributed by atoms with Crippen molar-refractivity contribution >= 4 is 22.2 Å². The van der Waals surface area contributed by atoms with E-state index in [1.165, 1.54) is 33.4 Å². The average molecular weight is 433 g/mol. The Kier molecular flexibility index (Phi) is 5.30. The summed E-state index contributed by atoms with van der Waals surface area (Å²) < 4.78 is 12.3. The summed E-state index contributed by atoms with van der Waals surface area (Å²) in [6.07, 6.45) is 0. The Bertz CT molecular complexity index is 1210. The highest BCUT2D eigenvalue weighted by atomic mass is 16.4. The lowest BCUT2D eigenvalue weighted by atomic mass is 10.0. The van der Waals surface area contributed by atoms with Gasteiger partial charge < -0.3 is 8.83 Å². The van der Waals surface area contributed by atoms with E-state index < -0.39 is 0 Å². The van der Waals surface area contributed by atoms with Crippen molar-refractivity contribution in [3.05, 3.63) is 57.3 Å². The average Bonchev–Trinajstić information content (AvgIpc) is 3.35. The van der Waals surface area contributed by atoms with Crippen LogP contribution < -0.4 is 0 Å². The van der Waals surface area contributed by atoms with Gasteiger partial charge in [-0.05, 0) is 87.1 Å². The molecule has 0 amide bonds. The Morgan fingerprint density at radius 2 is 1.00 bits per heavy atom. The molecule has 1 aliphatic rings. The molecular weight excluding hydrogens is 400 g/mol. The van der Waals surface area contributed by atoms with Crippen LogP contribution in [0.1, 0.15) is 45.2 Å². The highest BCUT2D eigenvalue weighted by molar-refractivity contribution is 5.79. The Labute approximate surface area is 189 Å². The van der Waals surface area contributed by atoms with E-state index >= 15 is 0 Å². The Morgan fingerprint density at radius 3 is 1.38 bits per heavy atom. The van der Waals surface area contributed by atoms with E-state index in [4.69, 9.17) is 18.8 Å². The molecule has 0 bridgehead atoms. The topological polar surface area (TPSA) is 58.5 Å². The zero-order chi connectivity index (χ0) is 22.6. The molecule has 0 aliphatic carbocycles. The molecule has 1 aliphatic heterocycles. The number of piperazine rings is 1. The number of nitrogens with zero attached hydrogens (tertiary/aromatic N) is 4. The monoisotopic (exact) mass is 432 g/mol. The molecule has 0 radical (unpaired) electrons. The molecule has 2 aromatic heterocycles. The number of rotatable bonds is 4. The Morgan fingerprint density at radius 1 is 0.625 bits per heavy atom. The Hall–Kier alpha value is -2.70. The lowest BCUT2D eigenvalue weighted by Gasteiger charge is -2.33. The van der Waals surface area contributed by atoms with Crippen molar-refractivity contribution < 1.29 is 8.83 Å². The van der Waals surface area contributed by atoms with Crippen LogP contribution in [0, 0.1) is 41.5 Å². The van der Waals surface area contributed by atoms with E-state index in [-0.39, 0.29) is 0 Å². The number of hydrogen-bond acceptors (Lipinski definition) is 6. The molecule has 0 spiro atoms. The van der Waals surface area contributed by atoms with E-state index in [0.717, 1.165) is 73.2 Å². The number of benzene rings is 2. The molecule has 6 heteroatoms. The van der Waals surface area contributed by atoms with Crippen LogP contribution in [0.4, 0.5) is 0 Å².